The fourth-order valence-electron chi connectivity index (χ4n) is 1.48. The van der Waals surface area contributed by atoms with Crippen LogP contribution < -0.4 is 0 Å². The molecule has 0 unspecified atom stereocenters. The van der Waals surface area contributed by atoms with Crippen molar-refractivity contribution in [2.75, 3.05) is 13.6 Å². The third-order valence-electron chi connectivity index (χ3n) is 2.22. The third kappa shape index (κ3) is 3.08. The maximum atomic E-state index is 11.9. The smallest absolute Gasteiger partial charge is 0.274 e. The second-order valence-electron chi connectivity index (χ2n) is 4.21. The summed E-state index contributed by atoms with van der Waals surface area (Å²) in [6.07, 6.45) is 0.869. The number of aromatic amines is 1. The lowest BCUT2D eigenvalue weighted by Crippen LogP contribution is -2.30. The van der Waals surface area contributed by atoms with Gasteiger partial charge in [-0.15, -0.1) is 0 Å². The SMILES string of the molecule is CCc1cc(C(=O)N(C)CC(C)C)n[nH]1. The Morgan fingerprint density at radius 2 is 2.27 bits per heavy atom. The summed E-state index contributed by atoms with van der Waals surface area (Å²) in [5.74, 6) is 0.461. The Kier molecular flexibility index (Phi) is 3.88. The summed E-state index contributed by atoms with van der Waals surface area (Å²) in [5.41, 5.74) is 1.51. The minimum absolute atomic E-state index is 0.0142. The summed E-state index contributed by atoms with van der Waals surface area (Å²) in [6.45, 7) is 6.96. The van der Waals surface area contributed by atoms with Crippen LogP contribution >= 0.6 is 0 Å². The Morgan fingerprint density at radius 3 is 2.73 bits per heavy atom. The van der Waals surface area contributed by atoms with E-state index >= 15 is 0 Å². The molecule has 0 saturated carbocycles. The first kappa shape index (κ1) is 11.8. The maximum absolute atomic E-state index is 11.9. The summed E-state index contributed by atoms with van der Waals surface area (Å²) in [7, 11) is 1.81. The summed E-state index contributed by atoms with van der Waals surface area (Å²) in [4.78, 5) is 13.6. The van der Waals surface area contributed by atoms with Crippen molar-refractivity contribution in [3.8, 4) is 0 Å². The molecule has 0 saturated heterocycles. The number of aryl methyl sites for hydroxylation is 1. The largest absolute Gasteiger partial charge is 0.340 e. The predicted octanol–water partition coefficient (Wildman–Crippen LogP) is 1.70. The van der Waals surface area contributed by atoms with Crippen LogP contribution in [0.4, 0.5) is 0 Å². The number of amides is 1. The van der Waals surface area contributed by atoms with Crippen LogP contribution in [0.2, 0.25) is 0 Å². The zero-order chi connectivity index (χ0) is 11.4. The van der Waals surface area contributed by atoms with Gasteiger partial charge in [-0.1, -0.05) is 20.8 Å². The monoisotopic (exact) mass is 209 g/mol. The van der Waals surface area contributed by atoms with E-state index in [0.717, 1.165) is 18.7 Å². The minimum Gasteiger partial charge on any atom is -0.340 e. The molecular weight excluding hydrogens is 190 g/mol. The van der Waals surface area contributed by atoms with Gasteiger partial charge in [0.05, 0.1) is 0 Å². The molecular formula is C11H19N3O. The van der Waals surface area contributed by atoms with Crippen molar-refractivity contribution in [2.45, 2.75) is 27.2 Å². The van der Waals surface area contributed by atoms with Crippen LogP contribution in [0.1, 0.15) is 37.0 Å². The van der Waals surface area contributed by atoms with E-state index in [0.29, 0.717) is 11.6 Å². The van der Waals surface area contributed by atoms with Crippen LogP contribution in [0, 0.1) is 5.92 Å². The van der Waals surface area contributed by atoms with Gasteiger partial charge in [0.2, 0.25) is 0 Å². The molecule has 1 aromatic heterocycles. The van der Waals surface area contributed by atoms with Crippen molar-refractivity contribution >= 4 is 5.91 Å². The number of nitrogens with one attached hydrogen (secondary N) is 1. The molecule has 1 amide bonds. The quantitative estimate of drug-likeness (QED) is 0.820. The molecule has 0 radical (unpaired) electrons. The predicted molar refractivity (Wildman–Crippen MR) is 59.8 cm³/mol. The van der Waals surface area contributed by atoms with Gasteiger partial charge >= 0.3 is 0 Å². The lowest BCUT2D eigenvalue weighted by Gasteiger charge is -2.17. The molecule has 0 aliphatic heterocycles. The molecule has 0 atom stereocenters. The van der Waals surface area contributed by atoms with Gasteiger partial charge < -0.3 is 4.90 Å². The molecule has 4 nitrogen and oxygen atoms in total. The number of carbonyl (C=O) groups excluding carboxylic acids is 1. The van der Waals surface area contributed by atoms with E-state index in [2.05, 4.69) is 24.0 Å². The lowest BCUT2D eigenvalue weighted by molar-refractivity contribution is 0.0773. The van der Waals surface area contributed by atoms with Crippen molar-refractivity contribution in [1.29, 1.82) is 0 Å². The summed E-state index contributed by atoms with van der Waals surface area (Å²) >= 11 is 0. The zero-order valence-electron chi connectivity index (χ0n) is 9.87. The summed E-state index contributed by atoms with van der Waals surface area (Å²) < 4.78 is 0. The van der Waals surface area contributed by atoms with Gasteiger partial charge in [-0.2, -0.15) is 5.10 Å². The number of nitrogens with zero attached hydrogens (tertiary/aromatic N) is 2. The van der Waals surface area contributed by atoms with Gasteiger partial charge in [0.15, 0.2) is 0 Å². The molecule has 1 aromatic rings. The number of aromatic nitrogens is 2. The molecule has 1 rings (SSSR count). The molecule has 1 N–H and O–H groups in total. The molecule has 84 valence electrons. The van der Waals surface area contributed by atoms with Gasteiger partial charge in [0, 0.05) is 19.3 Å². The van der Waals surface area contributed by atoms with Crippen LogP contribution in [0.3, 0.4) is 0 Å². The maximum Gasteiger partial charge on any atom is 0.274 e. The van der Waals surface area contributed by atoms with Gasteiger partial charge in [-0.3, -0.25) is 9.89 Å². The van der Waals surface area contributed by atoms with E-state index < -0.39 is 0 Å². The molecule has 0 fully saturated rings. The Bertz CT molecular complexity index is 330. The van der Waals surface area contributed by atoms with Gasteiger partial charge in [0.1, 0.15) is 5.69 Å². The topological polar surface area (TPSA) is 49.0 Å². The zero-order valence-corrected chi connectivity index (χ0v) is 9.87. The first-order chi connectivity index (χ1) is 7.04. The van der Waals surface area contributed by atoms with E-state index in [1.807, 2.05) is 20.0 Å². The number of rotatable bonds is 4. The normalized spacial score (nSPS) is 10.7. The highest BCUT2D eigenvalue weighted by atomic mass is 16.2. The molecule has 0 aliphatic carbocycles. The Morgan fingerprint density at radius 1 is 1.60 bits per heavy atom. The van der Waals surface area contributed by atoms with Crippen LogP contribution in [0.15, 0.2) is 6.07 Å². The van der Waals surface area contributed by atoms with E-state index in [4.69, 9.17) is 0 Å². The van der Waals surface area contributed by atoms with E-state index in [-0.39, 0.29) is 5.91 Å². The highest BCUT2D eigenvalue weighted by Gasteiger charge is 2.15. The van der Waals surface area contributed by atoms with Crippen molar-refractivity contribution in [3.05, 3.63) is 17.5 Å². The molecule has 15 heavy (non-hydrogen) atoms. The van der Waals surface area contributed by atoms with Crippen LogP contribution in [0.5, 0.6) is 0 Å². The molecule has 0 aliphatic rings. The summed E-state index contributed by atoms with van der Waals surface area (Å²) in [5, 5.41) is 6.85. The first-order valence-electron chi connectivity index (χ1n) is 5.34. The number of hydrogen-bond donors (Lipinski definition) is 1. The van der Waals surface area contributed by atoms with Gasteiger partial charge in [-0.25, -0.2) is 0 Å². The third-order valence-corrected chi connectivity index (χ3v) is 2.22. The van der Waals surface area contributed by atoms with Crippen molar-refractivity contribution in [2.24, 2.45) is 5.92 Å². The average molecular weight is 209 g/mol. The highest BCUT2D eigenvalue weighted by Crippen LogP contribution is 2.05. The second kappa shape index (κ2) is 4.96. The first-order valence-corrected chi connectivity index (χ1v) is 5.34. The fourth-order valence-corrected chi connectivity index (χ4v) is 1.48. The number of carbonyl (C=O) groups is 1. The van der Waals surface area contributed by atoms with Crippen LogP contribution in [-0.2, 0) is 6.42 Å². The van der Waals surface area contributed by atoms with Crippen LogP contribution in [-0.4, -0.2) is 34.6 Å². The Hall–Kier alpha value is -1.32. The van der Waals surface area contributed by atoms with Crippen molar-refractivity contribution < 1.29 is 4.79 Å². The molecule has 1 heterocycles. The van der Waals surface area contributed by atoms with Gasteiger partial charge in [0.25, 0.3) is 5.91 Å². The van der Waals surface area contributed by atoms with Crippen molar-refractivity contribution in [3.63, 3.8) is 0 Å². The second-order valence-corrected chi connectivity index (χ2v) is 4.21. The van der Waals surface area contributed by atoms with E-state index in [1.54, 1.807) is 4.90 Å². The Balaban J connectivity index is 2.67. The fraction of sp³-hybridized carbons (Fsp3) is 0.636. The molecule has 0 aromatic carbocycles. The molecule has 0 spiro atoms. The summed E-state index contributed by atoms with van der Waals surface area (Å²) in [6, 6.07) is 1.82. The van der Waals surface area contributed by atoms with E-state index in [9.17, 15) is 4.79 Å². The van der Waals surface area contributed by atoms with Crippen molar-refractivity contribution in [1.82, 2.24) is 15.1 Å². The molecule has 0 bridgehead atoms. The lowest BCUT2D eigenvalue weighted by atomic mass is 10.2. The Labute approximate surface area is 90.7 Å². The standard InChI is InChI=1S/C11H19N3O/c1-5-9-6-10(13-12-9)11(15)14(4)7-8(2)3/h6,8H,5,7H2,1-4H3,(H,12,13). The molecule has 4 heteroatoms. The number of H-pyrrole nitrogens is 1. The number of hydrogen-bond acceptors (Lipinski definition) is 2. The van der Waals surface area contributed by atoms with E-state index in [1.165, 1.54) is 0 Å². The minimum atomic E-state index is -0.0142. The van der Waals surface area contributed by atoms with Crippen LogP contribution in [0.25, 0.3) is 0 Å². The highest BCUT2D eigenvalue weighted by molar-refractivity contribution is 5.92. The van der Waals surface area contributed by atoms with Gasteiger partial charge in [-0.05, 0) is 18.4 Å². The average Bonchev–Trinajstić information content (AvgIpc) is 2.63.